The number of amides is 1. The molecular formula is C16H22N4OS2. The molecule has 0 aliphatic rings. The number of nitrogens with one attached hydrogen (secondary N) is 2. The Bertz CT molecular complexity index is 736. The number of benzene rings is 1. The van der Waals surface area contributed by atoms with Crippen LogP contribution in [0.2, 0.25) is 0 Å². The van der Waals surface area contributed by atoms with Crippen LogP contribution in [0.3, 0.4) is 0 Å². The molecule has 0 bridgehead atoms. The fraction of sp³-hybridized carbons (Fsp3) is 0.438. The maximum absolute atomic E-state index is 12.5. The molecule has 1 amide bonds. The predicted molar refractivity (Wildman–Crippen MR) is 98.9 cm³/mol. The quantitative estimate of drug-likeness (QED) is 0.774. The summed E-state index contributed by atoms with van der Waals surface area (Å²) in [5.74, 6) is 2.02. The molecule has 2 N–H and O–H groups in total. The molecule has 23 heavy (non-hydrogen) atoms. The summed E-state index contributed by atoms with van der Waals surface area (Å²) in [4.78, 5) is 12.5. The third-order valence-electron chi connectivity index (χ3n) is 3.42. The lowest BCUT2D eigenvalue weighted by Gasteiger charge is -2.19. The Morgan fingerprint density at radius 2 is 2.22 bits per heavy atom. The van der Waals surface area contributed by atoms with E-state index in [0.29, 0.717) is 4.77 Å². The zero-order chi connectivity index (χ0) is 17.0. The minimum atomic E-state index is -0.0542. The van der Waals surface area contributed by atoms with Crippen molar-refractivity contribution in [1.29, 1.82) is 0 Å². The first-order valence-corrected chi connectivity index (χ1v) is 9.06. The van der Waals surface area contributed by atoms with Gasteiger partial charge in [-0.05, 0) is 49.0 Å². The first-order valence-electron chi connectivity index (χ1n) is 7.61. The largest absolute Gasteiger partial charge is 0.325 e. The number of aromatic nitrogens is 3. The minimum Gasteiger partial charge on any atom is -0.325 e. The van der Waals surface area contributed by atoms with Gasteiger partial charge in [0.15, 0.2) is 4.77 Å². The van der Waals surface area contributed by atoms with E-state index in [0.717, 1.165) is 23.0 Å². The standard InChI is InChI=1S/C16H22N4OS2/c1-5-23-14(10(2)3)15(21)17-12-7-6-8-13(9-12)20-11(4)18-19-16(20)22/h6-10,14H,5H2,1-4H3,(H,17,21)(H,19,22). The van der Waals surface area contributed by atoms with Crippen LogP contribution in [0.25, 0.3) is 5.69 Å². The van der Waals surface area contributed by atoms with E-state index in [2.05, 4.69) is 36.3 Å². The van der Waals surface area contributed by atoms with Crippen LogP contribution >= 0.6 is 24.0 Å². The highest BCUT2D eigenvalue weighted by atomic mass is 32.2. The summed E-state index contributed by atoms with van der Waals surface area (Å²) in [5.41, 5.74) is 1.64. The number of aromatic amines is 1. The lowest BCUT2D eigenvalue weighted by atomic mass is 10.1. The SMILES string of the molecule is CCSC(C(=O)Nc1cccc(-n2c(C)n[nH]c2=S)c1)C(C)C. The van der Waals surface area contributed by atoms with Gasteiger partial charge >= 0.3 is 0 Å². The average Bonchev–Trinajstić information content (AvgIpc) is 2.83. The first kappa shape index (κ1) is 17.7. The van der Waals surface area contributed by atoms with E-state index in [-0.39, 0.29) is 17.1 Å². The molecule has 1 aromatic carbocycles. The number of aryl methyl sites for hydroxylation is 1. The Balaban J connectivity index is 2.24. The van der Waals surface area contributed by atoms with Crippen molar-refractivity contribution < 1.29 is 4.79 Å². The number of thioether (sulfide) groups is 1. The van der Waals surface area contributed by atoms with E-state index in [4.69, 9.17) is 12.2 Å². The Morgan fingerprint density at radius 3 is 2.78 bits per heavy atom. The maximum Gasteiger partial charge on any atom is 0.237 e. The van der Waals surface area contributed by atoms with E-state index in [1.165, 1.54) is 0 Å². The fourth-order valence-electron chi connectivity index (χ4n) is 2.37. The highest BCUT2D eigenvalue weighted by Gasteiger charge is 2.22. The van der Waals surface area contributed by atoms with Gasteiger partial charge in [-0.2, -0.15) is 5.10 Å². The monoisotopic (exact) mass is 350 g/mol. The summed E-state index contributed by atoms with van der Waals surface area (Å²) in [7, 11) is 0. The highest BCUT2D eigenvalue weighted by Crippen LogP contribution is 2.22. The van der Waals surface area contributed by atoms with E-state index in [1.54, 1.807) is 11.8 Å². The molecule has 5 nitrogen and oxygen atoms in total. The van der Waals surface area contributed by atoms with Crippen LogP contribution in [0.4, 0.5) is 5.69 Å². The molecule has 0 fully saturated rings. The van der Waals surface area contributed by atoms with Gasteiger partial charge in [-0.15, -0.1) is 11.8 Å². The van der Waals surface area contributed by atoms with Gasteiger partial charge in [-0.3, -0.25) is 14.5 Å². The van der Waals surface area contributed by atoms with Gasteiger partial charge in [0.05, 0.1) is 10.9 Å². The van der Waals surface area contributed by atoms with E-state index < -0.39 is 0 Å². The number of H-pyrrole nitrogens is 1. The van der Waals surface area contributed by atoms with Gasteiger partial charge in [-0.1, -0.05) is 26.8 Å². The Kier molecular flexibility index (Phi) is 6.01. The summed E-state index contributed by atoms with van der Waals surface area (Å²) in [6.07, 6.45) is 0. The van der Waals surface area contributed by atoms with Crippen LogP contribution in [0.15, 0.2) is 24.3 Å². The smallest absolute Gasteiger partial charge is 0.237 e. The van der Waals surface area contributed by atoms with Crippen molar-refractivity contribution in [2.75, 3.05) is 11.1 Å². The summed E-state index contributed by atoms with van der Waals surface area (Å²) >= 11 is 6.92. The zero-order valence-corrected chi connectivity index (χ0v) is 15.4. The number of nitrogens with zero attached hydrogens (tertiary/aromatic N) is 2. The van der Waals surface area contributed by atoms with Crippen LogP contribution in [-0.2, 0) is 4.79 Å². The van der Waals surface area contributed by atoms with Crippen molar-refractivity contribution in [3.8, 4) is 5.69 Å². The number of hydrogen-bond acceptors (Lipinski definition) is 4. The normalized spacial score (nSPS) is 12.4. The molecule has 0 aliphatic heterocycles. The molecule has 1 heterocycles. The van der Waals surface area contributed by atoms with Crippen molar-refractivity contribution in [3.63, 3.8) is 0 Å². The molecule has 2 rings (SSSR count). The van der Waals surface area contributed by atoms with Crippen molar-refractivity contribution in [2.45, 2.75) is 32.9 Å². The van der Waals surface area contributed by atoms with Crippen LogP contribution < -0.4 is 5.32 Å². The molecule has 7 heteroatoms. The maximum atomic E-state index is 12.5. The first-order chi connectivity index (χ1) is 10.9. The molecule has 1 unspecified atom stereocenters. The van der Waals surface area contributed by atoms with Gasteiger partial charge in [-0.25, -0.2) is 0 Å². The molecule has 0 saturated heterocycles. The second-order valence-corrected chi connectivity index (χ2v) is 7.38. The number of carbonyl (C=O) groups excluding carboxylic acids is 1. The molecule has 1 aromatic heterocycles. The molecule has 1 atom stereocenters. The highest BCUT2D eigenvalue weighted by molar-refractivity contribution is 8.00. The van der Waals surface area contributed by atoms with Crippen molar-refractivity contribution in [3.05, 3.63) is 34.9 Å². The van der Waals surface area contributed by atoms with Crippen molar-refractivity contribution >= 4 is 35.6 Å². The lowest BCUT2D eigenvalue weighted by Crippen LogP contribution is -2.29. The van der Waals surface area contributed by atoms with Gasteiger partial charge in [0.1, 0.15) is 5.82 Å². The number of anilines is 1. The number of rotatable bonds is 6. The summed E-state index contributed by atoms with van der Waals surface area (Å²) in [6.45, 7) is 8.08. The molecule has 0 radical (unpaired) electrons. The summed E-state index contributed by atoms with van der Waals surface area (Å²) < 4.78 is 2.37. The molecule has 0 saturated carbocycles. The van der Waals surface area contributed by atoms with E-state index in [1.807, 2.05) is 35.8 Å². The van der Waals surface area contributed by atoms with E-state index >= 15 is 0 Å². The molecule has 2 aromatic rings. The Morgan fingerprint density at radius 1 is 1.48 bits per heavy atom. The predicted octanol–water partition coefficient (Wildman–Crippen LogP) is 3.95. The fourth-order valence-corrected chi connectivity index (χ4v) is 3.60. The van der Waals surface area contributed by atoms with Crippen molar-refractivity contribution in [1.82, 2.24) is 14.8 Å². The summed E-state index contributed by atoms with van der Waals surface area (Å²) in [5, 5.41) is 9.84. The molecular weight excluding hydrogens is 328 g/mol. The van der Waals surface area contributed by atoms with Crippen LogP contribution in [-0.4, -0.2) is 31.7 Å². The van der Waals surface area contributed by atoms with Crippen LogP contribution in [0.1, 0.15) is 26.6 Å². The number of hydrogen-bond donors (Lipinski definition) is 2. The van der Waals surface area contributed by atoms with Crippen molar-refractivity contribution in [2.24, 2.45) is 5.92 Å². The Labute approximate surface area is 145 Å². The molecule has 124 valence electrons. The second kappa shape index (κ2) is 7.79. The minimum absolute atomic E-state index is 0.0384. The van der Waals surface area contributed by atoms with Crippen LogP contribution in [0.5, 0.6) is 0 Å². The average molecular weight is 351 g/mol. The number of carbonyl (C=O) groups is 1. The zero-order valence-electron chi connectivity index (χ0n) is 13.8. The summed E-state index contributed by atoms with van der Waals surface area (Å²) in [6, 6.07) is 7.63. The third-order valence-corrected chi connectivity index (χ3v) is 5.15. The third kappa shape index (κ3) is 4.23. The molecule has 0 aliphatic carbocycles. The molecule has 0 spiro atoms. The van der Waals surface area contributed by atoms with E-state index in [9.17, 15) is 4.79 Å². The van der Waals surface area contributed by atoms with Gasteiger partial charge in [0.2, 0.25) is 5.91 Å². The van der Waals surface area contributed by atoms with Gasteiger partial charge in [0.25, 0.3) is 0 Å². The lowest BCUT2D eigenvalue weighted by molar-refractivity contribution is -0.116. The topological polar surface area (TPSA) is 62.7 Å². The second-order valence-electron chi connectivity index (χ2n) is 5.57. The Hall–Kier alpha value is -1.60. The van der Waals surface area contributed by atoms with Crippen LogP contribution in [0, 0.1) is 17.6 Å². The van der Waals surface area contributed by atoms with Gasteiger partial charge in [0, 0.05) is 5.69 Å². The van der Waals surface area contributed by atoms with Gasteiger partial charge < -0.3 is 5.32 Å².